The SMILES string of the molecule is CC(C)(C)[Si](OCC[B-](F)(F)F)(c1ccccc1)c1ccccc1. The van der Waals surface area contributed by atoms with Crippen LogP contribution in [-0.4, -0.2) is 21.9 Å². The van der Waals surface area contributed by atoms with E-state index in [9.17, 15) is 12.9 Å². The van der Waals surface area contributed by atoms with Crippen LogP contribution in [-0.2, 0) is 4.43 Å². The summed E-state index contributed by atoms with van der Waals surface area (Å²) in [6.45, 7) is 1.02. The van der Waals surface area contributed by atoms with Crippen LogP contribution >= 0.6 is 0 Å². The van der Waals surface area contributed by atoms with Gasteiger partial charge in [0, 0.05) is 6.61 Å². The van der Waals surface area contributed by atoms with Gasteiger partial charge < -0.3 is 17.4 Å². The van der Waals surface area contributed by atoms with Crippen LogP contribution < -0.4 is 10.4 Å². The Labute approximate surface area is 143 Å². The average Bonchev–Trinajstić information content (AvgIpc) is 2.51. The zero-order valence-electron chi connectivity index (χ0n) is 14.3. The third-order valence-electron chi connectivity index (χ3n) is 4.18. The highest BCUT2D eigenvalue weighted by atomic mass is 28.4. The summed E-state index contributed by atoms with van der Waals surface area (Å²) in [4.78, 5) is 0. The monoisotopic (exact) mass is 351 g/mol. The highest BCUT2D eigenvalue weighted by molar-refractivity contribution is 6.99. The summed E-state index contributed by atoms with van der Waals surface area (Å²) in [7, 11) is -2.84. The van der Waals surface area contributed by atoms with Crippen LogP contribution in [0.2, 0.25) is 11.4 Å². The van der Waals surface area contributed by atoms with Gasteiger partial charge in [0.25, 0.3) is 8.32 Å². The average molecular weight is 351 g/mol. The summed E-state index contributed by atoms with van der Waals surface area (Å²) in [6.07, 6.45) is -0.871. The summed E-state index contributed by atoms with van der Waals surface area (Å²) in [5, 5.41) is 1.70. The molecule has 0 saturated carbocycles. The number of halogens is 3. The Kier molecular flexibility index (Phi) is 5.60. The minimum absolute atomic E-state index is 0.295. The predicted molar refractivity (Wildman–Crippen MR) is 97.5 cm³/mol. The number of rotatable bonds is 6. The first-order chi connectivity index (χ1) is 11.2. The highest BCUT2D eigenvalue weighted by Gasteiger charge is 2.50. The van der Waals surface area contributed by atoms with Gasteiger partial charge in [0.2, 0.25) is 0 Å². The van der Waals surface area contributed by atoms with Gasteiger partial charge >= 0.3 is 6.98 Å². The molecule has 0 spiro atoms. The first-order valence-electron chi connectivity index (χ1n) is 8.13. The molecule has 0 bridgehead atoms. The van der Waals surface area contributed by atoms with Crippen molar-refractivity contribution in [2.24, 2.45) is 0 Å². The van der Waals surface area contributed by atoms with Crippen LogP contribution in [0.15, 0.2) is 60.7 Å². The largest absolute Gasteiger partial charge is 0.480 e. The minimum Gasteiger partial charge on any atom is -0.449 e. The quantitative estimate of drug-likeness (QED) is 0.701. The van der Waals surface area contributed by atoms with Gasteiger partial charge in [-0.05, 0) is 15.4 Å². The van der Waals surface area contributed by atoms with Crippen molar-refractivity contribution < 1.29 is 17.4 Å². The molecule has 0 fully saturated rings. The van der Waals surface area contributed by atoms with Crippen LogP contribution in [0, 0.1) is 0 Å². The molecular formula is C18H23BF3OSi-. The van der Waals surface area contributed by atoms with Gasteiger partial charge in [-0.1, -0.05) is 87.8 Å². The Morgan fingerprint density at radius 2 is 1.25 bits per heavy atom. The Bertz CT molecular complexity index is 599. The molecule has 2 aromatic carbocycles. The van der Waals surface area contributed by atoms with Crippen molar-refractivity contribution in [1.82, 2.24) is 0 Å². The molecular weight excluding hydrogens is 328 g/mol. The van der Waals surface area contributed by atoms with Crippen LogP contribution in [0.3, 0.4) is 0 Å². The molecule has 0 aliphatic carbocycles. The molecule has 0 heterocycles. The molecule has 6 heteroatoms. The van der Waals surface area contributed by atoms with Crippen molar-refractivity contribution in [2.45, 2.75) is 32.1 Å². The summed E-state index contributed by atoms with van der Waals surface area (Å²) >= 11 is 0. The van der Waals surface area contributed by atoms with E-state index in [1.165, 1.54) is 0 Å². The molecule has 2 rings (SSSR count). The molecule has 0 unspecified atom stereocenters. The van der Waals surface area contributed by atoms with Crippen LogP contribution in [0.25, 0.3) is 0 Å². The molecule has 0 atom stereocenters. The summed E-state index contributed by atoms with van der Waals surface area (Å²) < 4.78 is 44.4. The lowest BCUT2D eigenvalue weighted by Gasteiger charge is -2.43. The van der Waals surface area contributed by atoms with E-state index in [1.54, 1.807) is 0 Å². The van der Waals surface area contributed by atoms with E-state index in [1.807, 2.05) is 60.7 Å². The fourth-order valence-electron chi connectivity index (χ4n) is 3.11. The van der Waals surface area contributed by atoms with Gasteiger partial charge in [0.1, 0.15) is 0 Å². The third-order valence-corrected chi connectivity index (χ3v) is 9.22. The lowest BCUT2D eigenvalue weighted by molar-refractivity contribution is 0.302. The van der Waals surface area contributed by atoms with E-state index < -0.39 is 21.6 Å². The number of hydrogen-bond donors (Lipinski definition) is 0. The molecule has 2 aromatic rings. The smallest absolute Gasteiger partial charge is 0.449 e. The highest BCUT2D eigenvalue weighted by Crippen LogP contribution is 2.37. The molecule has 0 radical (unpaired) electrons. The zero-order valence-corrected chi connectivity index (χ0v) is 15.3. The second-order valence-electron chi connectivity index (χ2n) is 7.01. The van der Waals surface area contributed by atoms with Crippen molar-refractivity contribution in [3.05, 3.63) is 60.7 Å². The third kappa shape index (κ3) is 4.11. The van der Waals surface area contributed by atoms with Crippen molar-refractivity contribution in [3.8, 4) is 0 Å². The molecule has 24 heavy (non-hydrogen) atoms. The minimum atomic E-state index is -4.85. The van der Waals surface area contributed by atoms with E-state index in [0.29, 0.717) is 0 Å². The standard InChI is InChI=1S/C18H23BF3OSi/c1-18(2,3)24(16-10-6-4-7-11-16,17-12-8-5-9-13-17)23-15-14-19(20,21)22/h4-13H,14-15H2,1-3H3/q-1. The van der Waals surface area contributed by atoms with E-state index in [-0.39, 0.29) is 11.6 Å². The van der Waals surface area contributed by atoms with Gasteiger partial charge in [-0.25, -0.2) is 0 Å². The van der Waals surface area contributed by atoms with Gasteiger partial charge in [0.05, 0.1) is 0 Å². The summed E-state index contributed by atoms with van der Waals surface area (Å²) in [5.74, 6) is 0. The fourth-order valence-corrected chi connectivity index (χ4v) is 7.69. The molecule has 130 valence electrons. The van der Waals surface area contributed by atoms with E-state index in [2.05, 4.69) is 20.8 Å². The molecule has 0 aromatic heterocycles. The van der Waals surface area contributed by atoms with Crippen molar-refractivity contribution in [3.63, 3.8) is 0 Å². The predicted octanol–water partition coefficient (Wildman–Crippen LogP) is 4.41. The van der Waals surface area contributed by atoms with Gasteiger partial charge in [0.15, 0.2) is 0 Å². The second-order valence-corrected chi connectivity index (χ2v) is 11.3. The topological polar surface area (TPSA) is 9.23 Å². The Balaban J connectivity index is 2.53. The number of benzene rings is 2. The van der Waals surface area contributed by atoms with Crippen LogP contribution in [0.1, 0.15) is 20.8 Å². The van der Waals surface area contributed by atoms with Crippen molar-refractivity contribution >= 4 is 25.7 Å². The van der Waals surface area contributed by atoms with E-state index in [4.69, 9.17) is 4.43 Å². The summed E-state index contributed by atoms with van der Waals surface area (Å²) in [6, 6.07) is 19.4. The van der Waals surface area contributed by atoms with Gasteiger partial charge in [-0.3, -0.25) is 0 Å². The normalized spacial score (nSPS) is 13.1. The lowest BCUT2D eigenvalue weighted by Crippen LogP contribution is -2.66. The molecule has 0 aliphatic rings. The molecule has 0 aliphatic heterocycles. The first kappa shape index (κ1) is 18.8. The van der Waals surface area contributed by atoms with Crippen molar-refractivity contribution in [2.75, 3.05) is 6.61 Å². The molecule has 1 nitrogen and oxygen atoms in total. The lowest BCUT2D eigenvalue weighted by atomic mass is 9.87. The van der Waals surface area contributed by atoms with Crippen molar-refractivity contribution in [1.29, 1.82) is 0 Å². The maximum absolute atomic E-state index is 12.7. The first-order valence-corrected chi connectivity index (χ1v) is 10.0. The zero-order chi connectivity index (χ0) is 17.8. The molecule has 0 amide bonds. The molecule has 0 N–H and O–H groups in total. The van der Waals surface area contributed by atoms with E-state index in [0.717, 1.165) is 10.4 Å². The second kappa shape index (κ2) is 7.15. The van der Waals surface area contributed by atoms with Crippen LogP contribution in [0.5, 0.6) is 0 Å². The maximum Gasteiger partial charge on any atom is 0.480 e. The fraction of sp³-hybridized carbons (Fsp3) is 0.333. The van der Waals surface area contributed by atoms with E-state index >= 15 is 0 Å². The van der Waals surface area contributed by atoms with Gasteiger partial charge in [-0.2, -0.15) is 0 Å². The Hall–Kier alpha value is -1.53. The van der Waals surface area contributed by atoms with Crippen LogP contribution in [0.4, 0.5) is 12.9 Å². The number of hydrogen-bond acceptors (Lipinski definition) is 1. The Morgan fingerprint density at radius 1 is 0.833 bits per heavy atom. The van der Waals surface area contributed by atoms with Gasteiger partial charge in [-0.15, -0.1) is 0 Å². The summed E-state index contributed by atoms with van der Waals surface area (Å²) in [5.41, 5.74) is 0. The maximum atomic E-state index is 12.7. The Morgan fingerprint density at radius 3 is 1.58 bits per heavy atom. The molecule has 0 saturated heterocycles.